The van der Waals surface area contributed by atoms with Crippen LogP contribution in [0.3, 0.4) is 0 Å². The summed E-state index contributed by atoms with van der Waals surface area (Å²) in [5.41, 5.74) is 1.13. The van der Waals surface area contributed by atoms with Gasteiger partial charge in [0.15, 0.2) is 0 Å². The molecular weight excluding hydrogens is 444 g/mol. The lowest BCUT2D eigenvalue weighted by atomic mass is 10.2. The summed E-state index contributed by atoms with van der Waals surface area (Å²) in [7, 11) is -3.73. The lowest BCUT2D eigenvalue weighted by molar-refractivity contribution is 0.0323. The monoisotopic (exact) mass is 476 g/mol. The number of nitrogens with zero attached hydrogens (tertiary/aromatic N) is 1. The minimum Gasteiger partial charge on any atom is -0.490 e. The van der Waals surface area contributed by atoms with Crippen LogP contribution in [-0.2, 0) is 25.2 Å². The van der Waals surface area contributed by atoms with E-state index in [1.165, 1.54) is 6.07 Å². The van der Waals surface area contributed by atoms with E-state index in [2.05, 4.69) is 9.62 Å². The summed E-state index contributed by atoms with van der Waals surface area (Å²) in [6.07, 6.45) is 0. The molecule has 0 bridgehead atoms. The quantitative estimate of drug-likeness (QED) is 0.498. The first-order valence-corrected chi connectivity index (χ1v) is 12.8. The molecule has 1 heterocycles. The Morgan fingerprint density at radius 1 is 1.12 bits per heavy atom. The molecule has 1 N–H and O–H groups in total. The minimum atomic E-state index is -3.73. The van der Waals surface area contributed by atoms with Gasteiger partial charge in [-0.15, -0.1) is 0 Å². The van der Waals surface area contributed by atoms with Crippen molar-refractivity contribution in [2.45, 2.75) is 19.6 Å². The Morgan fingerprint density at radius 3 is 2.55 bits per heavy atom. The number of nitrogens with one attached hydrogen (secondary N) is 1. The number of carbonyl (C=O) groups excluding carboxylic acids is 1. The number of carbonyl (C=O) groups is 1. The Balaban J connectivity index is 1.74. The number of hydrogen-bond donors (Lipinski definition) is 1. The molecule has 1 aliphatic heterocycles. The molecule has 8 nitrogen and oxygen atoms in total. The molecule has 0 aliphatic carbocycles. The van der Waals surface area contributed by atoms with Gasteiger partial charge in [-0.3, -0.25) is 9.62 Å². The highest BCUT2D eigenvalue weighted by Crippen LogP contribution is 2.28. The van der Waals surface area contributed by atoms with Crippen LogP contribution in [0, 0.1) is 5.92 Å². The summed E-state index contributed by atoms with van der Waals surface area (Å²) >= 11 is 0. The van der Waals surface area contributed by atoms with Crippen LogP contribution in [0.25, 0.3) is 0 Å². The van der Waals surface area contributed by atoms with Crippen LogP contribution >= 0.6 is 0 Å². The zero-order chi connectivity index (χ0) is 23.7. The Hall–Kier alpha value is -2.62. The first-order chi connectivity index (χ1) is 15.8. The normalized spacial score (nSPS) is 14.8. The van der Waals surface area contributed by atoms with E-state index >= 15 is 0 Å². The van der Waals surface area contributed by atoms with Crippen molar-refractivity contribution in [2.75, 3.05) is 50.8 Å². The first-order valence-electron chi connectivity index (χ1n) is 11.1. The number of morpholine rings is 1. The number of benzene rings is 2. The van der Waals surface area contributed by atoms with E-state index in [0.717, 1.165) is 13.1 Å². The summed E-state index contributed by atoms with van der Waals surface area (Å²) in [5.74, 6) is -0.142. The molecule has 2 aromatic carbocycles. The molecule has 9 heteroatoms. The van der Waals surface area contributed by atoms with Crippen molar-refractivity contribution in [1.82, 2.24) is 4.90 Å². The minimum absolute atomic E-state index is 0.191. The van der Waals surface area contributed by atoms with Gasteiger partial charge in [-0.25, -0.2) is 13.2 Å². The van der Waals surface area contributed by atoms with Crippen molar-refractivity contribution in [3.8, 4) is 5.75 Å². The summed E-state index contributed by atoms with van der Waals surface area (Å²) < 4.78 is 44.8. The predicted octanol–water partition coefficient (Wildman–Crippen LogP) is 3.15. The first kappa shape index (κ1) is 25.0. The third kappa shape index (κ3) is 8.34. The van der Waals surface area contributed by atoms with Crippen molar-refractivity contribution in [1.29, 1.82) is 0 Å². The van der Waals surface area contributed by atoms with Gasteiger partial charge in [0.1, 0.15) is 12.4 Å². The number of rotatable bonds is 11. The summed E-state index contributed by atoms with van der Waals surface area (Å²) in [6.45, 7) is 8.30. The highest BCUT2D eigenvalue weighted by atomic mass is 32.2. The molecule has 1 saturated heterocycles. The van der Waals surface area contributed by atoms with Gasteiger partial charge in [0.25, 0.3) is 0 Å². The average Bonchev–Trinajstić information content (AvgIpc) is 2.79. The van der Waals surface area contributed by atoms with E-state index in [1.54, 1.807) is 36.4 Å². The summed E-state index contributed by atoms with van der Waals surface area (Å²) in [6, 6.07) is 13.6. The largest absolute Gasteiger partial charge is 0.490 e. The van der Waals surface area contributed by atoms with Crippen LogP contribution in [0.5, 0.6) is 5.75 Å². The van der Waals surface area contributed by atoms with Gasteiger partial charge in [-0.2, -0.15) is 0 Å². The fraction of sp³-hybridized carbons (Fsp3) is 0.458. The third-order valence-corrected chi connectivity index (χ3v) is 6.24. The van der Waals surface area contributed by atoms with Crippen molar-refractivity contribution in [3.63, 3.8) is 0 Å². The van der Waals surface area contributed by atoms with Crippen molar-refractivity contribution in [3.05, 3.63) is 59.7 Å². The van der Waals surface area contributed by atoms with Gasteiger partial charge < -0.3 is 14.2 Å². The molecule has 1 fully saturated rings. The van der Waals surface area contributed by atoms with E-state index in [9.17, 15) is 13.2 Å². The van der Waals surface area contributed by atoms with Gasteiger partial charge in [0.05, 0.1) is 36.8 Å². The number of sulfonamides is 1. The van der Waals surface area contributed by atoms with Crippen molar-refractivity contribution >= 4 is 21.7 Å². The molecular formula is C24H32N2O6S. The second-order valence-electron chi connectivity index (χ2n) is 8.35. The Kier molecular flexibility index (Phi) is 9.11. The molecule has 0 spiro atoms. The van der Waals surface area contributed by atoms with E-state index in [4.69, 9.17) is 14.2 Å². The third-order valence-electron chi connectivity index (χ3n) is 5.00. The average molecular weight is 477 g/mol. The van der Waals surface area contributed by atoms with Gasteiger partial charge >= 0.3 is 5.97 Å². The molecule has 1 aliphatic rings. The zero-order valence-electron chi connectivity index (χ0n) is 19.2. The summed E-state index contributed by atoms with van der Waals surface area (Å²) in [5, 5.41) is 0. The lowest BCUT2D eigenvalue weighted by Gasteiger charge is -2.26. The van der Waals surface area contributed by atoms with E-state index in [-0.39, 0.29) is 29.5 Å². The number of ether oxygens (including phenoxy) is 3. The number of hydrogen-bond acceptors (Lipinski definition) is 7. The molecule has 2 aromatic rings. The van der Waals surface area contributed by atoms with Crippen LogP contribution in [0.1, 0.15) is 29.8 Å². The van der Waals surface area contributed by atoms with Gasteiger partial charge in [0.2, 0.25) is 10.0 Å². The Bertz CT molecular complexity index is 1000. The van der Waals surface area contributed by atoms with Crippen molar-refractivity contribution in [2.24, 2.45) is 5.92 Å². The second kappa shape index (κ2) is 12.0. The van der Waals surface area contributed by atoms with Gasteiger partial charge in [-0.05, 0) is 29.7 Å². The molecule has 33 heavy (non-hydrogen) atoms. The topological polar surface area (TPSA) is 94.2 Å². The van der Waals surface area contributed by atoms with Crippen molar-refractivity contribution < 1.29 is 27.4 Å². The molecule has 0 radical (unpaired) electrons. The van der Waals surface area contributed by atoms with Crippen LogP contribution in [-0.4, -0.2) is 65.3 Å². The maximum absolute atomic E-state index is 12.8. The maximum Gasteiger partial charge on any atom is 0.338 e. The molecule has 0 aromatic heterocycles. The second-order valence-corrected chi connectivity index (χ2v) is 10.1. The van der Waals surface area contributed by atoms with E-state index < -0.39 is 16.0 Å². The number of anilines is 1. The van der Waals surface area contributed by atoms with Crippen LogP contribution < -0.4 is 9.46 Å². The van der Waals surface area contributed by atoms with Crippen LogP contribution in [0.4, 0.5) is 5.69 Å². The predicted molar refractivity (Wildman–Crippen MR) is 127 cm³/mol. The highest BCUT2D eigenvalue weighted by Gasteiger charge is 2.19. The molecule has 180 valence electrons. The lowest BCUT2D eigenvalue weighted by Crippen LogP contribution is -2.38. The zero-order valence-corrected chi connectivity index (χ0v) is 20.0. The SMILES string of the molecule is CC(C)COC(=O)c1ccc(OCCN2CCOCC2)c(NS(=O)(=O)Cc2ccccc2)c1. The van der Waals surface area contributed by atoms with Gasteiger partial charge in [-0.1, -0.05) is 44.2 Å². The number of esters is 1. The standard InChI is InChI=1S/C24H32N2O6S/c1-19(2)17-32-24(27)21-8-9-23(31-15-12-26-10-13-30-14-11-26)22(16-21)25-33(28,29)18-20-6-4-3-5-7-20/h3-9,16,19,25H,10-15,17-18H2,1-2H3. The highest BCUT2D eigenvalue weighted by molar-refractivity contribution is 7.91. The molecule has 0 amide bonds. The molecule has 3 rings (SSSR count). The van der Waals surface area contributed by atoms with Crippen LogP contribution in [0.15, 0.2) is 48.5 Å². The van der Waals surface area contributed by atoms with Gasteiger partial charge in [0, 0.05) is 19.6 Å². The molecule has 0 unspecified atom stereocenters. The summed E-state index contributed by atoms with van der Waals surface area (Å²) in [4.78, 5) is 14.7. The Labute approximate surface area is 195 Å². The Morgan fingerprint density at radius 2 is 1.85 bits per heavy atom. The maximum atomic E-state index is 12.8. The van der Waals surface area contributed by atoms with Crippen LogP contribution in [0.2, 0.25) is 0 Å². The molecule has 0 atom stereocenters. The fourth-order valence-electron chi connectivity index (χ4n) is 3.30. The molecule has 0 saturated carbocycles. The fourth-order valence-corrected chi connectivity index (χ4v) is 4.49. The van der Waals surface area contributed by atoms with E-state index in [1.807, 2.05) is 19.9 Å². The smallest absolute Gasteiger partial charge is 0.338 e. The van der Waals surface area contributed by atoms with E-state index in [0.29, 0.717) is 37.7 Å².